The third-order valence-electron chi connectivity index (χ3n) is 4.24. The highest BCUT2D eigenvalue weighted by atomic mass is 16.5. The molecular weight excluding hydrogens is 360 g/mol. The van der Waals surface area contributed by atoms with E-state index in [1.165, 1.54) is 6.33 Å². The van der Waals surface area contributed by atoms with Crippen molar-refractivity contribution < 1.29 is 19.0 Å². The van der Waals surface area contributed by atoms with Crippen molar-refractivity contribution in [3.05, 3.63) is 41.4 Å². The van der Waals surface area contributed by atoms with Gasteiger partial charge in [-0.2, -0.15) is 10.1 Å². The number of hydrogen-bond donors (Lipinski definition) is 1. The van der Waals surface area contributed by atoms with Gasteiger partial charge in [0.2, 0.25) is 5.95 Å². The molecule has 0 spiro atoms. The highest BCUT2D eigenvalue weighted by molar-refractivity contribution is 5.92. The third kappa shape index (κ3) is 3.81. The van der Waals surface area contributed by atoms with Crippen molar-refractivity contribution in [2.75, 3.05) is 18.5 Å². The van der Waals surface area contributed by atoms with Gasteiger partial charge in [-0.15, -0.1) is 0 Å². The first kappa shape index (κ1) is 19.7. The number of esters is 1. The highest BCUT2D eigenvalue weighted by Crippen LogP contribution is 2.39. The Morgan fingerprint density at radius 1 is 1.21 bits per heavy atom. The summed E-state index contributed by atoms with van der Waals surface area (Å²) in [5, 5.41) is 7.45. The highest BCUT2D eigenvalue weighted by Gasteiger charge is 2.35. The van der Waals surface area contributed by atoms with E-state index in [1.54, 1.807) is 4.68 Å². The Hall–Kier alpha value is -3.03. The van der Waals surface area contributed by atoms with Gasteiger partial charge in [0.15, 0.2) is 11.5 Å². The number of carbonyl (C=O) groups is 1. The molecule has 1 atom stereocenters. The predicted molar refractivity (Wildman–Crippen MR) is 104 cm³/mol. The van der Waals surface area contributed by atoms with Crippen LogP contribution in [0.3, 0.4) is 0 Å². The summed E-state index contributed by atoms with van der Waals surface area (Å²) in [7, 11) is 0. The van der Waals surface area contributed by atoms with Crippen molar-refractivity contribution in [3.63, 3.8) is 0 Å². The van der Waals surface area contributed by atoms with Crippen molar-refractivity contribution in [1.29, 1.82) is 0 Å². The van der Waals surface area contributed by atoms with Gasteiger partial charge in [-0.1, -0.05) is 6.07 Å². The van der Waals surface area contributed by atoms with Gasteiger partial charge in [-0.25, -0.2) is 9.48 Å². The molecule has 2 aromatic rings. The monoisotopic (exact) mass is 386 g/mol. The molecule has 0 saturated heterocycles. The van der Waals surface area contributed by atoms with Crippen LogP contribution in [0.1, 0.15) is 46.2 Å². The van der Waals surface area contributed by atoms with Gasteiger partial charge in [0.05, 0.1) is 24.9 Å². The van der Waals surface area contributed by atoms with Crippen LogP contribution in [0.15, 0.2) is 35.8 Å². The molecule has 1 aliphatic rings. The van der Waals surface area contributed by atoms with Gasteiger partial charge in [0.25, 0.3) is 0 Å². The molecule has 1 aromatic carbocycles. The first-order valence-electron chi connectivity index (χ1n) is 9.44. The maximum absolute atomic E-state index is 12.9. The van der Waals surface area contributed by atoms with Gasteiger partial charge >= 0.3 is 5.97 Å². The Balaban J connectivity index is 2.11. The van der Waals surface area contributed by atoms with E-state index in [0.717, 1.165) is 5.56 Å². The number of benzene rings is 1. The van der Waals surface area contributed by atoms with Crippen LogP contribution in [0.4, 0.5) is 5.95 Å². The second kappa shape index (κ2) is 8.33. The Labute approximate surface area is 164 Å². The lowest BCUT2D eigenvalue weighted by Gasteiger charge is -2.29. The summed E-state index contributed by atoms with van der Waals surface area (Å²) in [5.74, 6) is 1.46. The molecule has 0 amide bonds. The summed E-state index contributed by atoms with van der Waals surface area (Å²) >= 11 is 0. The largest absolute Gasteiger partial charge is 0.490 e. The van der Waals surface area contributed by atoms with E-state index in [4.69, 9.17) is 14.2 Å². The van der Waals surface area contributed by atoms with Crippen LogP contribution in [0.5, 0.6) is 11.5 Å². The molecule has 2 heterocycles. The van der Waals surface area contributed by atoms with E-state index in [1.807, 2.05) is 52.8 Å². The lowest BCUT2D eigenvalue weighted by atomic mass is 9.95. The summed E-state index contributed by atoms with van der Waals surface area (Å²) < 4.78 is 18.6. The summed E-state index contributed by atoms with van der Waals surface area (Å²) in [6, 6.07) is 5.15. The number of hydrogen-bond acceptors (Lipinski definition) is 7. The number of nitrogens with one attached hydrogen (secondary N) is 1. The fourth-order valence-electron chi connectivity index (χ4n) is 3.18. The first-order valence-corrected chi connectivity index (χ1v) is 9.44. The average Bonchev–Trinajstić information content (AvgIpc) is 3.09. The van der Waals surface area contributed by atoms with E-state index in [9.17, 15) is 4.79 Å². The van der Waals surface area contributed by atoms with E-state index < -0.39 is 12.0 Å². The van der Waals surface area contributed by atoms with Crippen LogP contribution in [0.25, 0.3) is 0 Å². The number of ether oxygens (including phenoxy) is 3. The molecule has 150 valence electrons. The van der Waals surface area contributed by atoms with E-state index in [0.29, 0.717) is 41.9 Å². The molecule has 1 aromatic heterocycles. The van der Waals surface area contributed by atoms with Crippen LogP contribution in [-0.2, 0) is 9.53 Å². The molecule has 8 nitrogen and oxygen atoms in total. The smallest absolute Gasteiger partial charge is 0.338 e. The minimum Gasteiger partial charge on any atom is -0.490 e. The molecule has 1 aliphatic heterocycles. The molecule has 0 fully saturated rings. The molecule has 0 saturated carbocycles. The number of allylic oxidation sites excluding steroid dienone is 1. The molecule has 0 radical (unpaired) electrons. The second-order valence-electron chi connectivity index (χ2n) is 6.62. The standard InChI is InChI=1S/C20H26N4O4/c1-6-26-15-9-8-14(10-16(15)27-7-2)18-17(19(25)28-12(3)4)13(5)23-20-21-11-22-24(18)20/h8-12,18H,6-7H2,1-5H3,(H,21,22,23)/t18-/m1/s1. The fraction of sp³-hybridized carbons (Fsp3) is 0.450. The number of nitrogens with zero attached hydrogens (tertiary/aromatic N) is 3. The lowest BCUT2D eigenvalue weighted by Crippen LogP contribution is -2.30. The number of fused-ring (bicyclic) bond motifs is 1. The topological polar surface area (TPSA) is 87.5 Å². The minimum absolute atomic E-state index is 0.232. The van der Waals surface area contributed by atoms with Gasteiger partial charge in [0, 0.05) is 5.70 Å². The zero-order valence-corrected chi connectivity index (χ0v) is 16.9. The summed E-state index contributed by atoms with van der Waals surface area (Å²) in [6.45, 7) is 10.3. The van der Waals surface area contributed by atoms with Gasteiger partial charge in [-0.05, 0) is 52.3 Å². The maximum atomic E-state index is 12.9. The van der Waals surface area contributed by atoms with Crippen molar-refractivity contribution in [1.82, 2.24) is 14.8 Å². The number of rotatable bonds is 7. The summed E-state index contributed by atoms with van der Waals surface area (Å²) in [4.78, 5) is 17.1. The van der Waals surface area contributed by atoms with Crippen LogP contribution in [-0.4, -0.2) is 40.1 Å². The molecule has 3 rings (SSSR count). The Morgan fingerprint density at radius 2 is 1.93 bits per heavy atom. The quantitative estimate of drug-likeness (QED) is 0.730. The third-order valence-corrected chi connectivity index (χ3v) is 4.24. The van der Waals surface area contributed by atoms with Crippen molar-refractivity contribution in [2.24, 2.45) is 0 Å². The van der Waals surface area contributed by atoms with Crippen LogP contribution < -0.4 is 14.8 Å². The molecule has 0 aliphatic carbocycles. The van der Waals surface area contributed by atoms with E-state index in [-0.39, 0.29) is 6.10 Å². The van der Waals surface area contributed by atoms with E-state index in [2.05, 4.69) is 15.4 Å². The molecule has 0 bridgehead atoms. The maximum Gasteiger partial charge on any atom is 0.338 e. The normalized spacial score (nSPS) is 15.9. The fourth-order valence-corrected chi connectivity index (χ4v) is 3.18. The summed E-state index contributed by atoms with van der Waals surface area (Å²) in [5.41, 5.74) is 2.00. The molecule has 0 unspecified atom stereocenters. The molecule has 1 N–H and O–H groups in total. The van der Waals surface area contributed by atoms with Gasteiger partial charge < -0.3 is 19.5 Å². The van der Waals surface area contributed by atoms with Crippen LogP contribution in [0.2, 0.25) is 0 Å². The lowest BCUT2D eigenvalue weighted by molar-refractivity contribution is -0.143. The zero-order chi connectivity index (χ0) is 20.3. The Morgan fingerprint density at radius 3 is 2.61 bits per heavy atom. The predicted octanol–water partition coefficient (Wildman–Crippen LogP) is 3.32. The van der Waals surface area contributed by atoms with Crippen molar-refractivity contribution in [3.8, 4) is 11.5 Å². The van der Waals surface area contributed by atoms with Crippen LogP contribution in [0, 0.1) is 0 Å². The zero-order valence-electron chi connectivity index (χ0n) is 16.9. The minimum atomic E-state index is -0.486. The molecular formula is C20H26N4O4. The SMILES string of the molecule is CCOc1ccc([C@@H]2C(C(=O)OC(C)C)=C(C)Nc3ncnn32)cc1OCC. The molecule has 8 heteroatoms. The molecule has 28 heavy (non-hydrogen) atoms. The average molecular weight is 386 g/mol. The Bertz CT molecular complexity index is 888. The second-order valence-corrected chi connectivity index (χ2v) is 6.62. The number of aromatic nitrogens is 3. The Kier molecular flexibility index (Phi) is 5.87. The van der Waals surface area contributed by atoms with Gasteiger partial charge in [-0.3, -0.25) is 0 Å². The van der Waals surface area contributed by atoms with Crippen molar-refractivity contribution in [2.45, 2.75) is 46.8 Å². The van der Waals surface area contributed by atoms with E-state index >= 15 is 0 Å². The van der Waals surface area contributed by atoms with Crippen LogP contribution >= 0.6 is 0 Å². The van der Waals surface area contributed by atoms with Crippen molar-refractivity contribution >= 4 is 11.9 Å². The van der Waals surface area contributed by atoms with Gasteiger partial charge in [0.1, 0.15) is 12.4 Å². The first-order chi connectivity index (χ1) is 13.5. The number of anilines is 1. The number of carbonyl (C=O) groups excluding carboxylic acids is 1. The summed E-state index contributed by atoms with van der Waals surface area (Å²) in [6.07, 6.45) is 1.22.